The SMILES string of the molecule is Cc1cccc(C)c1N1CCSC1=NC=Nc1ccc2c(ccc3c2ncn3-c2ccc(OC(F)(F)F)cc2)c1. The Kier molecular flexibility index (Phi) is 6.71. The number of ether oxygens (including phenoxy) is 1. The van der Waals surface area contributed by atoms with E-state index in [0.717, 1.165) is 45.0 Å². The number of amidine groups is 1. The molecule has 1 fully saturated rings. The van der Waals surface area contributed by atoms with Crippen LogP contribution in [0.2, 0.25) is 0 Å². The first kappa shape index (κ1) is 25.9. The third kappa shape index (κ3) is 5.14. The van der Waals surface area contributed by atoms with Crippen molar-refractivity contribution < 1.29 is 17.9 Å². The first-order valence-electron chi connectivity index (χ1n) is 12.6. The number of imidazole rings is 1. The van der Waals surface area contributed by atoms with Gasteiger partial charge in [0.2, 0.25) is 0 Å². The van der Waals surface area contributed by atoms with Crippen LogP contribution in [0, 0.1) is 13.8 Å². The van der Waals surface area contributed by atoms with Crippen LogP contribution in [0.25, 0.3) is 27.5 Å². The Morgan fingerprint density at radius 1 is 0.975 bits per heavy atom. The molecule has 2 heterocycles. The maximum absolute atomic E-state index is 12.5. The van der Waals surface area contributed by atoms with Crippen molar-refractivity contribution in [3.8, 4) is 11.4 Å². The maximum Gasteiger partial charge on any atom is 0.573 e. The first-order chi connectivity index (χ1) is 19.3. The van der Waals surface area contributed by atoms with Crippen LogP contribution in [0.1, 0.15) is 11.1 Å². The van der Waals surface area contributed by atoms with Crippen molar-refractivity contribution >= 4 is 56.4 Å². The number of aliphatic imine (C=N–C) groups is 2. The number of alkyl halides is 3. The minimum absolute atomic E-state index is 0.270. The summed E-state index contributed by atoms with van der Waals surface area (Å²) >= 11 is 1.72. The Morgan fingerprint density at radius 3 is 2.50 bits per heavy atom. The Hall–Kier alpha value is -4.31. The predicted molar refractivity (Wildman–Crippen MR) is 157 cm³/mol. The molecule has 202 valence electrons. The highest BCUT2D eigenvalue weighted by molar-refractivity contribution is 8.14. The number of rotatable bonds is 5. The highest BCUT2D eigenvalue weighted by Gasteiger charge is 2.31. The molecule has 0 atom stereocenters. The third-order valence-electron chi connectivity index (χ3n) is 6.73. The smallest absolute Gasteiger partial charge is 0.406 e. The number of benzene rings is 4. The van der Waals surface area contributed by atoms with Gasteiger partial charge in [-0.1, -0.05) is 36.0 Å². The van der Waals surface area contributed by atoms with E-state index in [2.05, 4.69) is 56.7 Å². The number of anilines is 1. The average Bonchev–Trinajstić information content (AvgIpc) is 3.56. The van der Waals surface area contributed by atoms with Gasteiger partial charge in [0.25, 0.3) is 0 Å². The van der Waals surface area contributed by atoms with Gasteiger partial charge in [-0.3, -0.25) is 4.57 Å². The zero-order valence-electron chi connectivity index (χ0n) is 21.7. The molecule has 0 aliphatic carbocycles. The second-order valence-corrected chi connectivity index (χ2v) is 10.5. The molecule has 5 aromatic rings. The fourth-order valence-electron chi connectivity index (χ4n) is 4.98. The molecular weight excluding hydrogens is 535 g/mol. The first-order valence-corrected chi connectivity index (χ1v) is 13.6. The van der Waals surface area contributed by atoms with Crippen molar-refractivity contribution in [2.24, 2.45) is 9.98 Å². The molecule has 0 radical (unpaired) electrons. The van der Waals surface area contributed by atoms with Crippen LogP contribution in [0.3, 0.4) is 0 Å². The molecular formula is C30H24F3N5OS. The van der Waals surface area contributed by atoms with Crippen LogP contribution >= 0.6 is 11.8 Å². The van der Waals surface area contributed by atoms with E-state index in [0.29, 0.717) is 5.69 Å². The fraction of sp³-hybridized carbons (Fsp3) is 0.167. The van der Waals surface area contributed by atoms with Crippen LogP contribution in [-0.2, 0) is 0 Å². The standard InChI is InChI=1S/C30H24F3N5OS/c1-19-4-3-5-20(2)28(19)37-14-15-40-29(37)35-17-34-22-7-12-25-21(16-22)6-13-26-27(25)36-18-38(26)23-8-10-24(11-9-23)39-30(31,32)33/h3-13,16-18H,14-15H2,1-2H3. The van der Waals surface area contributed by atoms with Gasteiger partial charge in [0.15, 0.2) is 5.17 Å². The van der Waals surface area contributed by atoms with Crippen molar-refractivity contribution in [2.45, 2.75) is 20.2 Å². The van der Waals surface area contributed by atoms with Crippen molar-refractivity contribution in [3.05, 3.63) is 90.3 Å². The van der Waals surface area contributed by atoms with Gasteiger partial charge in [-0.25, -0.2) is 15.0 Å². The number of hydrogen-bond acceptors (Lipinski definition) is 4. The van der Waals surface area contributed by atoms with E-state index in [4.69, 9.17) is 0 Å². The van der Waals surface area contributed by atoms with Gasteiger partial charge in [-0.2, -0.15) is 0 Å². The number of fused-ring (bicyclic) bond motifs is 3. The number of nitrogens with zero attached hydrogens (tertiary/aromatic N) is 5. The van der Waals surface area contributed by atoms with Crippen LogP contribution in [0.5, 0.6) is 5.75 Å². The lowest BCUT2D eigenvalue weighted by Crippen LogP contribution is -2.25. The van der Waals surface area contributed by atoms with Crippen molar-refractivity contribution in [1.82, 2.24) is 9.55 Å². The number of aromatic nitrogens is 2. The molecule has 0 unspecified atom stereocenters. The van der Waals surface area contributed by atoms with Crippen molar-refractivity contribution in [3.63, 3.8) is 0 Å². The molecule has 40 heavy (non-hydrogen) atoms. The maximum atomic E-state index is 12.5. The summed E-state index contributed by atoms with van der Waals surface area (Å²) in [6.45, 7) is 5.15. The van der Waals surface area contributed by atoms with Crippen LogP contribution in [-0.4, -0.2) is 39.7 Å². The zero-order valence-corrected chi connectivity index (χ0v) is 22.5. The summed E-state index contributed by atoms with van der Waals surface area (Å²) < 4.78 is 43.3. The fourth-order valence-corrected chi connectivity index (χ4v) is 5.90. The van der Waals surface area contributed by atoms with E-state index in [1.54, 1.807) is 36.6 Å². The largest absolute Gasteiger partial charge is 0.573 e. The van der Waals surface area contributed by atoms with E-state index < -0.39 is 6.36 Å². The highest BCUT2D eigenvalue weighted by Crippen LogP contribution is 2.32. The molecule has 10 heteroatoms. The topological polar surface area (TPSA) is 55.0 Å². The van der Waals surface area contributed by atoms with Gasteiger partial charge < -0.3 is 9.64 Å². The molecule has 1 saturated heterocycles. The second kappa shape index (κ2) is 10.3. The Balaban J connectivity index is 1.25. The molecule has 1 aliphatic rings. The number of hydrogen-bond donors (Lipinski definition) is 0. The van der Waals surface area contributed by atoms with Crippen molar-refractivity contribution in [1.29, 1.82) is 0 Å². The van der Waals surface area contributed by atoms with Gasteiger partial charge in [0.1, 0.15) is 18.4 Å². The Labute approximate surface area is 232 Å². The van der Waals surface area contributed by atoms with Gasteiger partial charge >= 0.3 is 6.36 Å². The third-order valence-corrected chi connectivity index (χ3v) is 7.70. The summed E-state index contributed by atoms with van der Waals surface area (Å²) in [6, 6.07) is 21.8. The summed E-state index contributed by atoms with van der Waals surface area (Å²) in [5, 5.41) is 2.86. The Morgan fingerprint density at radius 2 is 1.75 bits per heavy atom. The molecule has 6 rings (SSSR count). The normalized spacial score (nSPS) is 15.2. The highest BCUT2D eigenvalue weighted by atomic mass is 32.2. The summed E-state index contributed by atoms with van der Waals surface area (Å²) in [7, 11) is 0. The number of aryl methyl sites for hydroxylation is 2. The lowest BCUT2D eigenvalue weighted by Gasteiger charge is -2.22. The van der Waals surface area contributed by atoms with Gasteiger partial charge in [0, 0.05) is 29.1 Å². The minimum atomic E-state index is -4.73. The van der Waals surface area contributed by atoms with Crippen molar-refractivity contribution in [2.75, 3.05) is 17.2 Å². The molecule has 0 spiro atoms. The predicted octanol–water partition coefficient (Wildman–Crippen LogP) is 7.96. The molecule has 6 nitrogen and oxygen atoms in total. The summed E-state index contributed by atoms with van der Waals surface area (Å²) in [5.41, 5.74) is 6.74. The van der Waals surface area contributed by atoms with E-state index in [1.165, 1.54) is 28.9 Å². The van der Waals surface area contributed by atoms with E-state index in [-0.39, 0.29) is 5.75 Å². The summed E-state index contributed by atoms with van der Waals surface area (Å²) in [5.74, 6) is 0.707. The molecule has 0 bridgehead atoms. The van der Waals surface area contributed by atoms with Gasteiger partial charge in [0.05, 0.1) is 16.7 Å². The van der Waals surface area contributed by atoms with E-state index in [1.807, 2.05) is 34.9 Å². The molecule has 4 aromatic carbocycles. The molecule has 1 aromatic heterocycles. The summed E-state index contributed by atoms with van der Waals surface area (Å²) in [4.78, 5) is 16.1. The second-order valence-electron chi connectivity index (χ2n) is 9.39. The van der Waals surface area contributed by atoms with Crippen LogP contribution in [0.4, 0.5) is 24.5 Å². The van der Waals surface area contributed by atoms with Crippen LogP contribution in [0.15, 0.2) is 89.1 Å². The Bertz CT molecular complexity index is 1760. The quantitative estimate of drug-likeness (QED) is 0.162. The average molecular weight is 560 g/mol. The molecule has 0 saturated carbocycles. The summed E-state index contributed by atoms with van der Waals surface area (Å²) in [6.07, 6.45) is -1.46. The van der Waals surface area contributed by atoms with Gasteiger partial charge in [-0.05, 0) is 78.9 Å². The molecule has 1 aliphatic heterocycles. The monoisotopic (exact) mass is 559 g/mol. The molecule has 0 amide bonds. The number of thioether (sulfide) groups is 1. The lowest BCUT2D eigenvalue weighted by atomic mass is 10.1. The lowest BCUT2D eigenvalue weighted by molar-refractivity contribution is -0.274. The van der Waals surface area contributed by atoms with Crippen LogP contribution < -0.4 is 9.64 Å². The zero-order chi connectivity index (χ0) is 27.9. The van der Waals surface area contributed by atoms with Gasteiger partial charge in [-0.15, -0.1) is 13.2 Å². The minimum Gasteiger partial charge on any atom is -0.406 e. The molecule has 0 N–H and O–H groups in total. The van der Waals surface area contributed by atoms with E-state index in [9.17, 15) is 13.2 Å². The van der Waals surface area contributed by atoms with E-state index >= 15 is 0 Å². The number of para-hydroxylation sites is 1. The number of halogens is 3.